The quantitative estimate of drug-likeness (QED) is 0.783. The molecular formula is C22H29N3O3S. The van der Waals surface area contributed by atoms with E-state index in [0.29, 0.717) is 0 Å². The molecule has 4 rings (SSSR count). The van der Waals surface area contributed by atoms with E-state index in [4.69, 9.17) is 9.88 Å². The van der Waals surface area contributed by atoms with Gasteiger partial charge in [-0.25, -0.2) is 13.6 Å². The van der Waals surface area contributed by atoms with Crippen LogP contribution < -0.4 is 15.4 Å². The van der Waals surface area contributed by atoms with Gasteiger partial charge in [-0.2, -0.15) is 0 Å². The molecule has 0 aromatic heterocycles. The molecule has 2 heterocycles. The summed E-state index contributed by atoms with van der Waals surface area (Å²) in [7, 11) is -3.80. The van der Waals surface area contributed by atoms with E-state index in [1.807, 2.05) is 6.07 Å². The molecule has 0 radical (unpaired) electrons. The van der Waals surface area contributed by atoms with E-state index in [2.05, 4.69) is 35.3 Å². The van der Waals surface area contributed by atoms with Crippen LogP contribution in [0.5, 0.6) is 0 Å². The Hall–Kier alpha value is -1.93. The highest BCUT2D eigenvalue weighted by Crippen LogP contribution is 2.35. The van der Waals surface area contributed by atoms with Crippen molar-refractivity contribution in [3.63, 3.8) is 0 Å². The number of nitrogens with one attached hydrogen (secondary N) is 1. The highest BCUT2D eigenvalue weighted by Gasteiger charge is 2.25. The van der Waals surface area contributed by atoms with Gasteiger partial charge in [0.05, 0.1) is 18.4 Å². The summed E-state index contributed by atoms with van der Waals surface area (Å²) in [6, 6.07) is 12.0. The van der Waals surface area contributed by atoms with Crippen molar-refractivity contribution in [1.82, 2.24) is 5.32 Å². The van der Waals surface area contributed by atoms with Crippen molar-refractivity contribution in [1.29, 1.82) is 0 Å². The minimum Gasteiger partial charge on any atom is -0.373 e. The van der Waals surface area contributed by atoms with Crippen LogP contribution in [0.4, 0.5) is 5.69 Å². The van der Waals surface area contributed by atoms with Gasteiger partial charge in [-0.3, -0.25) is 0 Å². The first-order valence-corrected chi connectivity index (χ1v) is 11.8. The standard InChI is InChI=1S/C22H29N3O3S/c1-16-5-6-17-9-14-28-20(19(17)15-16)8-7-18-3-2-4-21(29(23,26)27)22(18)25-12-10-24-11-13-25/h2-6,15,20,24H,7-14H2,1H3,(H2,23,26,27). The zero-order chi connectivity index (χ0) is 20.4. The zero-order valence-electron chi connectivity index (χ0n) is 16.9. The molecule has 2 aromatic rings. The second kappa shape index (κ2) is 8.44. The number of aryl methyl sites for hydroxylation is 2. The molecule has 0 aliphatic carbocycles. The molecule has 0 spiro atoms. The number of ether oxygens (including phenoxy) is 1. The molecule has 3 N–H and O–H groups in total. The van der Waals surface area contributed by atoms with Crippen LogP contribution in [0.3, 0.4) is 0 Å². The predicted octanol–water partition coefficient (Wildman–Crippen LogP) is 2.30. The fourth-order valence-corrected chi connectivity index (χ4v) is 5.21. The Morgan fingerprint density at radius 2 is 2.00 bits per heavy atom. The van der Waals surface area contributed by atoms with Crippen LogP contribution in [-0.4, -0.2) is 41.2 Å². The number of rotatable bonds is 5. The molecule has 6 nitrogen and oxygen atoms in total. The van der Waals surface area contributed by atoms with Gasteiger partial charge in [-0.05, 0) is 48.9 Å². The zero-order valence-corrected chi connectivity index (χ0v) is 17.7. The van der Waals surface area contributed by atoms with Gasteiger partial charge in [0.15, 0.2) is 0 Å². The van der Waals surface area contributed by atoms with Crippen molar-refractivity contribution in [2.45, 2.75) is 37.2 Å². The Labute approximate surface area is 173 Å². The van der Waals surface area contributed by atoms with Crippen LogP contribution in [0.1, 0.15) is 34.8 Å². The lowest BCUT2D eigenvalue weighted by molar-refractivity contribution is 0.0367. The van der Waals surface area contributed by atoms with Crippen molar-refractivity contribution >= 4 is 15.7 Å². The molecule has 156 valence electrons. The summed E-state index contributed by atoms with van der Waals surface area (Å²) in [4.78, 5) is 2.36. The largest absolute Gasteiger partial charge is 0.373 e. The maximum absolute atomic E-state index is 12.3. The van der Waals surface area contributed by atoms with E-state index >= 15 is 0 Å². The third-order valence-electron chi connectivity index (χ3n) is 5.84. The lowest BCUT2D eigenvalue weighted by atomic mass is 9.92. The van der Waals surface area contributed by atoms with Gasteiger partial charge in [0.25, 0.3) is 0 Å². The summed E-state index contributed by atoms with van der Waals surface area (Å²) in [6.07, 6.45) is 2.52. The average Bonchev–Trinajstić information content (AvgIpc) is 2.72. The lowest BCUT2D eigenvalue weighted by Gasteiger charge is -2.33. The monoisotopic (exact) mass is 415 g/mol. The number of para-hydroxylation sites is 1. The Bertz CT molecular complexity index is 985. The molecule has 0 amide bonds. The first-order chi connectivity index (χ1) is 13.9. The minimum atomic E-state index is -3.80. The van der Waals surface area contributed by atoms with Crippen LogP contribution in [0.15, 0.2) is 41.3 Å². The molecule has 1 atom stereocenters. The summed E-state index contributed by atoms with van der Waals surface area (Å²) < 4.78 is 30.6. The van der Waals surface area contributed by atoms with E-state index in [1.165, 1.54) is 16.7 Å². The van der Waals surface area contributed by atoms with Crippen LogP contribution >= 0.6 is 0 Å². The number of hydrogen-bond donors (Lipinski definition) is 2. The summed E-state index contributed by atoms with van der Waals surface area (Å²) in [5, 5.41) is 8.88. The van der Waals surface area contributed by atoms with Crippen molar-refractivity contribution in [3.05, 3.63) is 58.7 Å². The Morgan fingerprint density at radius 3 is 2.76 bits per heavy atom. The van der Waals surface area contributed by atoms with Gasteiger partial charge >= 0.3 is 0 Å². The second-order valence-corrected chi connectivity index (χ2v) is 9.43. The maximum Gasteiger partial charge on any atom is 0.240 e. The van der Waals surface area contributed by atoms with E-state index in [1.54, 1.807) is 12.1 Å². The van der Waals surface area contributed by atoms with Crippen LogP contribution in [0, 0.1) is 6.92 Å². The molecule has 2 aromatic carbocycles. The van der Waals surface area contributed by atoms with Crippen LogP contribution in [-0.2, 0) is 27.6 Å². The first kappa shape index (κ1) is 20.3. The highest BCUT2D eigenvalue weighted by atomic mass is 32.2. The predicted molar refractivity (Wildman–Crippen MR) is 115 cm³/mol. The average molecular weight is 416 g/mol. The normalized spacial score (nSPS) is 19.8. The molecule has 29 heavy (non-hydrogen) atoms. The molecule has 1 unspecified atom stereocenters. The first-order valence-electron chi connectivity index (χ1n) is 10.2. The van der Waals surface area contributed by atoms with E-state index in [-0.39, 0.29) is 11.0 Å². The van der Waals surface area contributed by atoms with Crippen molar-refractivity contribution < 1.29 is 13.2 Å². The van der Waals surface area contributed by atoms with Crippen LogP contribution in [0.2, 0.25) is 0 Å². The Balaban J connectivity index is 1.64. The number of benzene rings is 2. The maximum atomic E-state index is 12.3. The third kappa shape index (κ3) is 4.48. The van der Waals surface area contributed by atoms with Crippen molar-refractivity contribution in [2.24, 2.45) is 5.14 Å². The number of nitrogens with zero attached hydrogens (tertiary/aromatic N) is 1. The van der Waals surface area contributed by atoms with Crippen LogP contribution in [0.25, 0.3) is 0 Å². The van der Waals surface area contributed by atoms with E-state index in [0.717, 1.165) is 63.3 Å². The summed E-state index contributed by atoms with van der Waals surface area (Å²) in [5.74, 6) is 0. The molecule has 0 saturated carbocycles. The van der Waals surface area contributed by atoms with E-state index < -0.39 is 10.0 Å². The Morgan fingerprint density at radius 1 is 1.21 bits per heavy atom. The SMILES string of the molecule is Cc1ccc2c(c1)C(CCc1cccc(S(N)(=O)=O)c1N1CCNCC1)OCC2. The number of sulfonamides is 1. The topological polar surface area (TPSA) is 84.7 Å². The summed E-state index contributed by atoms with van der Waals surface area (Å²) in [5.41, 5.74) is 5.63. The molecule has 2 aliphatic heterocycles. The van der Waals surface area contributed by atoms with Gasteiger partial charge in [0.2, 0.25) is 10.0 Å². The van der Waals surface area contributed by atoms with Crippen molar-refractivity contribution in [2.75, 3.05) is 37.7 Å². The fraction of sp³-hybridized carbons (Fsp3) is 0.455. The molecule has 7 heteroatoms. The molecule has 2 aliphatic rings. The van der Waals surface area contributed by atoms with Gasteiger partial charge < -0.3 is 15.0 Å². The Kier molecular flexibility index (Phi) is 5.92. The summed E-state index contributed by atoms with van der Waals surface area (Å²) in [6.45, 7) is 6.02. The number of primary sulfonamides is 1. The van der Waals surface area contributed by atoms with Crippen molar-refractivity contribution in [3.8, 4) is 0 Å². The number of anilines is 1. The van der Waals surface area contributed by atoms with Gasteiger partial charge in [0.1, 0.15) is 4.90 Å². The van der Waals surface area contributed by atoms with Gasteiger partial charge in [-0.15, -0.1) is 0 Å². The molecule has 0 bridgehead atoms. The third-order valence-corrected chi connectivity index (χ3v) is 6.78. The second-order valence-electron chi connectivity index (χ2n) is 7.90. The number of piperazine rings is 1. The van der Waals surface area contributed by atoms with E-state index in [9.17, 15) is 8.42 Å². The number of nitrogens with two attached hydrogens (primary N) is 1. The molecule has 1 saturated heterocycles. The minimum absolute atomic E-state index is 0.0349. The number of fused-ring (bicyclic) bond motifs is 1. The summed E-state index contributed by atoms with van der Waals surface area (Å²) >= 11 is 0. The smallest absolute Gasteiger partial charge is 0.240 e. The van der Waals surface area contributed by atoms with Gasteiger partial charge in [-0.1, -0.05) is 35.9 Å². The highest BCUT2D eigenvalue weighted by molar-refractivity contribution is 7.89. The molecular weight excluding hydrogens is 386 g/mol. The lowest BCUT2D eigenvalue weighted by Crippen LogP contribution is -2.44. The van der Waals surface area contributed by atoms with Gasteiger partial charge in [0, 0.05) is 26.2 Å². The fourth-order valence-electron chi connectivity index (χ4n) is 4.41. The number of hydrogen-bond acceptors (Lipinski definition) is 5. The molecule has 1 fully saturated rings.